The number of para-hydroxylation sites is 1. The van der Waals surface area contributed by atoms with E-state index in [-0.39, 0.29) is 16.8 Å². The van der Waals surface area contributed by atoms with Crippen molar-refractivity contribution in [1.29, 1.82) is 0 Å². The normalized spacial score (nSPS) is 12.6. The largest absolute Gasteiger partial charge is 0.366 e. The summed E-state index contributed by atoms with van der Waals surface area (Å²) in [5.41, 5.74) is 0.554. The Morgan fingerprint density at radius 2 is 2.00 bits per heavy atom. The number of hydrogen-bond acceptors (Lipinski definition) is 3. The number of halogens is 1. The third kappa shape index (κ3) is 3.35. The molecule has 0 fully saturated rings. The zero-order valence-corrected chi connectivity index (χ0v) is 11.9. The zero-order chi connectivity index (χ0) is 13.9. The van der Waals surface area contributed by atoms with Gasteiger partial charge in [0.1, 0.15) is 10.7 Å². The lowest BCUT2D eigenvalue weighted by Crippen LogP contribution is -2.30. The number of rotatable bonds is 5. The van der Waals surface area contributed by atoms with Crippen molar-refractivity contribution in [1.82, 2.24) is 0 Å². The second-order valence-corrected chi connectivity index (χ2v) is 5.36. The van der Waals surface area contributed by atoms with Crippen LogP contribution in [0.25, 0.3) is 0 Å². The topological polar surface area (TPSA) is 46.4 Å². The average Bonchev–Trinajstić information content (AvgIpc) is 2.26. The van der Waals surface area contributed by atoms with E-state index in [0.717, 1.165) is 6.42 Å². The van der Waals surface area contributed by atoms with E-state index in [1.165, 1.54) is 0 Å². The minimum absolute atomic E-state index is 0.0164. The van der Waals surface area contributed by atoms with Gasteiger partial charge in [0, 0.05) is 13.1 Å². The molecule has 0 amide bonds. The van der Waals surface area contributed by atoms with Crippen LogP contribution >= 0.6 is 11.6 Å². The van der Waals surface area contributed by atoms with E-state index in [9.17, 15) is 10.1 Å². The van der Waals surface area contributed by atoms with Crippen LogP contribution in [0, 0.1) is 16.0 Å². The molecule has 5 heteroatoms. The summed E-state index contributed by atoms with van der Waals surface area (Å²) in [5, 5.41) is 11.3. The van der Waals surface area contributed by atoms with Gasteiger partial charge < -0.3 is 4.90 Å². The van der Waals surface area contributed by atoms with Gasteiger partial charge in [-0.05, 0) is 31.4 Å². The SMILES string of the molecule is CC(C)CC(C)N(C)c1cccc(Cl)c1[N+](=O)[O-]. The van der Waals surface area contributed by atoms with Crippen molar-refractivity contribution < 1.29 is 4.92 Å². The van der Waals surface area contributed by atoms with Crippen LogP contribution < -0.4 is 4.90 Å². The lowest BCUT2D eigenvalue weighted by molar-refractivity contribution is -0.384. The number of anilines is 1. The molecule has 1 rings (SSSR count). The molecule has 0 aliphatic rings. The molecule has 0 heterocycles. The van der Waals surface area contributed by atoms with Crippen molar-refractivity contribution >= 4 is 23.0 Å². The van der Waals surface area contributed by atoms with Crippen molar-refractivity contribution in [2.24, 2.45) is 5.92 Å². The van der Waals surface area contributed by atoms with Crippen LogP contribution in [0.4, 0.5) is 11.4 Å². The summed E-state index contributed by atoms with van der Waals surface area (Å²) in [6.07, 6.45) is 0.972. The van der Waals surface area contributed by atoms with Gasteiger partial charge in [-0.1, -0.05) is 31.5 Å². The summed E-state index contributed by atoms with van der Waals surface area (Å²) in [6.45, 7) is 6.33. The predicted molar refractivity (Wildman–Crippen MR) is 75.4 cm³/mol. The molecule has 0 aliphatic heterocycles. The Balaban J connectivity index is 3.09. The highest BCUT2D eigenvalue weighted by Crippen LogP contribution is 2.35. The van der Waals surface area contributed by atoms with Gasteiger partial charge in [0.15, 0.2) is 0 Å². The van der Waals surface area contributed by atoms with Crippen LogP contribution in [-0.4, -0.2) is 18.0 Å². The van der Waals surface area contributed by atoms with Gasteiger partial charge >= 0.3 is 5.69 Å². The number of nitro groups is 1. The fourth-order valence-corrected chi connectivity index (χ4v) is 2.29. The van der Waals surface area contributed by atoms with E-state index >= 15 is 0 Å². The van der Waals surface area contributed by atoms with Gasteiger partial charge in [-0.25, -0.2) is 0 Å². The molecule has 1 aromatic rings. The molecule has 0 saturated heterocycles. The van der Waals surface area contributed by atoms with Crippen molar-refractivity contribution in [3.63, 3.8) is 0 Å². The molecule has 0 N–H and O–H groups in total. The van der Waals surface area contributed by atoms with Gasteiger partial charge in [-0.3, -0.25) is 10.1 Å². The van der Waals surface area contributed by atoms with Gasteiger partial charge in [0.25, 0.3) is 0 Å². The monoisotopic (exact) mass is 270 g/mol. The van der Waals surface area contributed by atoms with Crippen LogP contribution in [0.15, 0.2) is 18.2 Å². The first-order valence-corrected chi connectivity index (χ1v) is 6.38. The fraction of sp³-hybridized carbons (Fsp3) is 0.538. The Morgan fingerprint density at radius 1 is 1.39 bits per heavy atom. The maximum atomic E-state index is 11.1. The Hall–Kier alpha value is -1.29. The third-order valence-electron chi connectivity index (χ3n) is 3.00. The standard InChI is InChI=1S/C13H19ClN2O2/c1-9(2)8-10(3)15(4)12-7-5-6-11(14)13(12)16(17)18/h5-7,9-10H,8H2,1-4H3. The average molecular weight is 271 g/mol. The molecular weight excluding hydrogens is 252 g/mol. The molecule has 4 nitrogen and oxygen atoms in total. The first-order chi connectivity index (χ1) is 8.34. The summed E-state index contributed by atoms with van der Waals surface area (Å²) in [7, 11) is 1.87. The molecular formula is C13H19ClN2O2. The lowest BCUT2D eigenvalue weighted by atomic mass is 10.0. The molecule has 0 spiro atoms. The van der Waals surface area contributed by atoms with Crippen LogP contribution in [0.2, 0.25) is 5.02 Å². The Bertz CT molecular complexity index is 435. The minimum Gasteiger partial charge on any atom is -0.366 e. The molecule has 0 aliphatic carbocycles. The molecule has 0 aromatic heterocycles. The van der Waals surface area contributed by atoms with E-state index < -0.39 is 4.92 Å². The lowest BCUT2D eigenvalue weighted by Gasteiger charge is -2.28. The maximum Gasteiger partial charge on any atom is 0.310 e. The van der Waals surface area contributed by atoms with Crippen molar-refractivity contribution in [2.45, 2.75) is 33.2 Å². The van der Waals surface area contributed by atoms with Gasteiger partial charge in [-0.2, -0.15) is 0 Å². The van der Waals surface area contributed by atoms with Crippen LogP contribution in [0.5, 0.6) is 0 Å². The second kappa shape index (κ2) is 6.05. The number of nitrogens with zero attached hydrogens (tertiary/aromatic N) is 2. The molecule has 0 saturated carbocycles. The first-order valence-electron chi connectivity index (χ1n) is 6.00. The number of nitro benzene ring substituents is 1. The highest BCUT2D eigenvalue weighted by molar-refractivity contribution is 6.33. The number of benzene rings is 1. The smallest absolute Gasteiger partial charge is 0.310 e. The molecule has 1 aromatic carbocycles. The van der Waals surface area contributed by atoms with E-state index in [0.29, 0.717) is 11.6 Å². The highest BCUT2D eigenvalue weighted by Gasteiger charge is 2.23. The molecule has 0 bridgehead atoms. The van der Waals surface area contributed by atoms with Crippen molar-refractivity contribution in [3.05, 3.63) is 33.3 Å². The molecule has 1 atom stereocenters. The Kier molecular flexibility index (Phi) is 4.96. The quantitative estimate of drug-likeness (QED) is 0.597. The molecule has 100 valence electrons. The zero-order valence-electron chi connectivity index (χ0n) is 11.2. The summed E-state index contributed by atoms with van der Waals surface area (Å²) >= 11 is 5.91. The molecule has 1 unspecified atom stereocenters. The summed E-state index contributed by atoms with van der Waals surface area (Å²) < 4.78 is 0. The van der Waals surface area contributed by atoms with E-state index in [2.05, 4.69) is 20.8 Å². The summed E-state index contributed by atoms with van der Waals surface area (Å²) in [6, 6.07) is 5.25. The Labute approximate surface area is 113 Å². The van der Waals surface area contributed by atoms with Crippen LogP contribution in [-0.2, 0) is 0 Å². The van der Waals surface area contributed by atoms with Crippen LogP contribution in [0.1, 0.15) is 27.2 Å². The minimum atomic E-state index is -0.420. The van der Waals surface area contributed by atoms with Gasteiger partial charge in [-0.15, -0.1) is 0 Å². The maximum absolute atomic E-state index is 11.1. The third-order valence-corrected chi connectivity index (χ3v) is 3.31. The summed E-state index contributed by atoms with van der Waals surface area (Å²) in [5.74, 6) is 0.542. The summed E-state index contributed by atoms with van der Waals surface area (Å²) in [4.78, 5) is 12.6. The molecule has 0 radical (unpaired) electrons. The van der Waals surface area contributed by atoms with Gasteiger partial charge in [0.2, 0.25) is 0 Å². The van der Waals surface area contributed by atoms with Crippen LogP contribution in [0.3, 0.4) is 0 Å². The Morgan fingerprint density at radius 3 is 2.50 bits per heavy atom. The van der Waals surface area contributed by atoms with Gasteiger partial charge in [0.05, 0.1) is 4.92 Å². The highest BCUT2D eigenvalue weighted by atomic mass is 35.5. The van der Waals surface area contributed by atoms with E-state index in [4.69, 9.17) is 11.6 Å². The van der Waals surface area contributed by atoms with E-state index in [1.54, 1.807) is 18.2 Å². The van der Waals surface area contributed by atoms with Crippen molar-refractivity contribution in [3.8, 4) is 0 Å². The van der Waals surface area contributed by atoms with E-state index in [1.807, 2.05) is 11.9 Å². The predicted octanol–water partition coefficient (Wildman–Crippen LogP) is 4.12. The first kappa shape index (κ1) is 14.8. The fourth-order valence-electron chi connectivity index (χ4n) is 2.05. The van der Waals surface area contributed by atoms with Crippen molar-refractivity contribution in [2.75, 3.05) is 11.9 Å². The number of hydrogen-bond donors (Lipinski definition) is 0. The second-order valence-electron chi connectivity index (χ2n) is 4.95. The molecule has 18 heavy (non-hydrogen) atoms.